The molecule has 2 saturated heterocycles. The predicted octanol–water partition coefficient (Wildman–Crippen LogP) is 2.16. The van der Waals surface area contributed by atoms with E-state index in [9.17, 15) is 4.79 Å². The minimum absolute atomic E-state index is 0. The number of aliphatic imine (C=N–C) groups is 1. The first-order chi connectivity index (χ1) is 13.1. The van der Waals surface area contributed by atoms with Crippen molar-refractivity contribution in [2.24, 2.45) is 4.99 Å². The predicted molar refractivity (Wildman–Crippen MR) is 126 cm³/mol. The van der Waals surface area contributed by atoms with Gasteiger partial charge in [0.05, 0.1) is 17.6 Å². The van der Waals surface area contributed by atoms with Crippen LogP contribution in [0.1, 0.15) is 36.6 Å². The van der Waals surface area contributed by atoms with Crippen molar-refractivity contribution < 1.29 is 4.79 Å². The highest BCUT2D eigenvalue weighted by molar-refractivity contribution is 14.0. The third kappa shape index (κ3) is 6.03. The average molecular weight is 520 g/mol. The number of hydrogen-bond donors (Lipinski definition) is 1. The van der Waals surface area contributed by atoms with E-state index in [1.807, 2.05) is 18.0 Å². The van der Waals surface area contributed by atoms with Crippen molar-refractivity contribution in [2.75, 3.05) is 45.8 Å². The van der Waals surface area contributed by atoms with Crippen LogP contribution in [0.3, 0.4) is 0 Å². The molecule has 1 N–H and O–H groups in total. The number of likely N-dealkylation sites (tertiary alicyclic amines) is 1. The normalized spacial score (nSPS) is 19.5. The van der Waals surface area contributed by atoms with E-state index in [4.69, 9.17) is 4.99 Å². The fourth-order valence-corrected chi connectivity index (χ4v) is 4.46. The Morgan fingerprint density at radius 2 is 1.89 bits per heavy atom. The van der Waals surface area contributed by atoms with Crippen molar-refractivity contribution in [3.63, 3.8) is 0 Å². The topological polar surface area (TPSA) is 64.1 Å². The average Bonchev–Trinajstić information content (AvgIpc) is 3.36. The van der Waals surface area contributed by atoms with Crippen LogP contribution in [0.25, 0.3) is 0 Å². The van der Waals surface area contributed by atoms with E-state index in [0.29, 0.717) is 12.5 Å². The highest BCUT2D eigenvalue weighted by Crippen LogP contribution is 2.15. The lowest BCUT2D eigenvalue weighted by Gasteiger charge is -2.39. The van der Waals surface area contributed by atoms with Gasteiger partial charge in [-0.2, -0.15) is 0 Å². The van der Waals surface area contributed by atoms with Crippen LogP contribution in [-0.2, 0) is 11.3 Å². The zero-order chi connectivity index (χ0) is 19.2. The maximum Gasteiger partial charge on any atom is 0.239 e. The maximum atomic E-state index is 12.7. The van der Waals surface area contributed by atoms with Gasteiger partial charge in [0, 0.05) is 56.9 Å². The van der Waals surface area contributed by atoms with Gasteiger partial charge in [0.2, 0.25) is 5.91 Å². The van der Waals surface area contributed by atoms with E-state index >= 15 is 0 Å². The van der Waals surface area contributed by atoms with Crippen molar-refractivity contribution in [3.05, 3.63) is 16.1 Å². The summed E-state index contributed by atoms with van der Waals surface area (Å²) in [6.07, 6.45) is 4.21. The molecule has 1 aromatic heterocycles. The second-order valence-electron chi connectivity index (χ2n) is 7.25. The van der Waals surface area contributed by atoms with Gasteiger partial charge in [0.25, 0.3) is 0 Å². The van der Waals surface area contributed by atoms with Gasteiger partial charge in [-0.15, -0.1) is 35.3 Å². The lowest BCUT2D eigenvalue weighted by atomic mass is 10.2. The second kappa shape index (κ2) is 11.3. The number of guanidine groups is 1. The van der Waals surface area contributed by atoms with E-state index in [1.165, 1.54) is 4.88 Å². The Morgan fingerprint density at radius 1 is 1.21 bits per heavy atom. The number of amides is 1. The van der Waals surface area contributed by atoms with Crippen molar-refractivity contribution in [1.82, 2.24) is 25.0 Å². The minimum Gasteiger partial charge on any atom is -0.357 e. The van der Waals surface area contributed by atoms with Crippen molar-refractivity contribution >= 4 is 47.2 Å². The molecule has 2 aliphatic heterocycles. The van der Waals surface area contributed by atoms with E-state index in [2.05, 4.69) is 33.9 Å². The Hall–Kier alpha value is -0.940. The monoisotopic (exact) mass is 520 g/mol. The summed E-state index contributed by atoms with van der Waals surface area (Å²) in [5.41, 5.74) is 0. The molecule has 1 aromatic rings. The molecule has 9 heteroatoms. The Kier molecular flexibility index (Phi) is 9.42. The Morgan fingerprint density at radius 3 is 2.46 bits per heavy atom. The summed E-state index contributed by atoms with van der Waals surface area (Å²) < 4.78 is 0. The van der Waals surface area contributed by atoms with Crippen LogP contribution in [0.4, 0.5) is 0 Å². The second-order valence-corrected chi connectivity index (χ2v) is 8.57. The molecule has 1 amide bonds. The number of aromatic nitrogens is 1. The molecular formula is C19H33IN6OS. The first-order valence-electron chi connectivity index (χ1n) is 10.1. The van der Waals surface area contributed by atoms with Crippen molar-refractivity contribution in [3.8, 4) is 0 Å². The van der Waals surface area contributed by atoms with Crippen molar-refractivity contribution in [1.29, 1.82) is 0 Å². The molecule has 1 unspecified atom stereocenters. The summed E-state index contributed by atoms with van der Waals surface area (Å²) in [7, 11) is 0. The number of thiazole rings is 1. The zero-order valence-electron chi connectivity index (χ0n) is 17.2. The van der Waals surface area contributed by atoms with Crippen LogP contribution < -0.4 is 5.32 Å². The third-order valence-corrected chi connectivity index (χ3v) is 6.22. The summed E-state index contributed by atoms with van der Waals surface area (Å²) in [6, 6.07) is -0.0232. The number of carbonyl (C=O) groups excluding carboxylic acids is 1. The number of carbonyl (C=O) groups is 1. The largest absolute Gasteiger partial charge is 0.357 e. The van der Waals surface area contributed by atoms with E-state index in [1.54, 1.807) is 11.3 Å². The summed E-state index contributed by atoms with van der Waals surface area (Å²) in [6.45, 7) is 13.1. The molecule has 3 heterocycles. The Bertz CT molecular complexity index is 653. The maximum absolute atomic E-state index is 12.7. The lowest BCUT2D eigenvalue weighted by Crippen LogP contribution is -2.57. The number of nitrogens with zero attached hydrogens (tertiary/aromatic N) is 5. The van der Waals surface area contributed by atoms with E-state index in [-0.39, 0.29) is 30.0 Å². The third-order valence-electron chi connectivity index (χ3n) is 5.33. The van der Waals surface area contributed by atoms with E-state index in [0.717, 1.165) is 69.6 Å². The van der Waals surface area contributed by atoms with Crippen LogP contribution in [0.5, 0.6) is 0 Å². The lowest BCUT2D eigenvalue weighted by molar-refractivity contribution is -0.135. The number of hydrogen-bond acceptors (Lipinski definition) is 5. The molecule has 0 bridgehead atoms. The van der Waals surface area contributed by atoms with Crippen LogP contribution in [0.15, 0.2) is 11.2 Å². The SMILES string of the molecule is CCNC(=NCc1cnc(C)s1)N1CCN(C(C)C(=O)N2CCCC2)CC1.I. The van der Waals surface area contributed by atoms with Gasteiger partial charge in [-0.3, -0.25) is 9.69 Å². The van der Waals surface area contributed by atoms with Gasteiger partial charge >= 0.3 is 0 Å². The summed E-state index contributed by atoms with van der Waals surface area (Å²) in [5, 5.41) is 4.49. The molecule has 0 saturated carbocycles. The highest BCUT2D eigenvalue weighted by atomic mass is 127. The molecule has 2 fully saturated rings. The zero-order valence-corrected chi connectivity index (χ0v) is 20.3. The number of piperazine rings is 1. The van der Waals surface area contributed by atoms with Gasteiger partial charge in [0.1, 0.15) is 0 Å². The Balaban J connectivity index is 0.00000280. The molecule has 1 atom stereocenters. The van der Waals surface area contributed by atoms with Crippen molar-refractivity contribution in [2.45, 2.75) is 46.2 Å². The van der Waals surface area contributed by atoms with Gasteiger partial charge < -0.3 is 15.1 Å². The summed E-state index contributed by atoms with van der Waals surface area (Å²) >= 11 is 1.70. The molecule has 0 aliphatic carbocycles. The molecule has 3 rings (SSSR count). The van der Waals surface area contributed by atoms with Crippen LogP contribution >= 0.6 is 35.3 Å². The van der Waals surface area contributed by atoms with Gasteiger partial charge in [0.15, 0.2) is 5.96 Å². The fraction of sp³-hybridized carbons (Fsp3) is 0.737. The van der Waals surface area contributed by atoms with E-state index < -0.39 is 0 Å². The molecular weight excluding hydrogens is 487 g/mol. The summed E-state index contributed by atoms with van der Waals surface area (Å²) in [4.78, 5) is 29.6. The summed E-state index contributed by atoms with van der Waals surface area (Å²) in [5.74, 6) is 1.25. The number of rotatable bonds is 5. The van der Waals surface area contributed by atoms with Crippen LogP contribution in [0.2, 0.25) is 0 Å². The molecule has 0 radical (unpaired) electrons. The standard InChI is InChI=1S/C19H32N6OS.HI/c1-4-20-19(22-14-17-13-21-16(3)27-17)25-11-9-23(10-12-25)15(2)18(26)24-7-5-6-8-24;/h13,15H,4-12,14H2,1-3H3,(H,20,22);1H. The van der Waals surface area contributed by atoms with Gasteiger partial charge in [-0.25, -0.2) is 9.98 Å². The number of aryl methyl sites for hydroxylation is 1. The number of halogens is 1. The molecule has 2 aliphatic rings. The van der Waals surface area contributed by atoms with Gasteiger partial charge in [-0.05, 0) is 33.6 Å². The minimum atomic E-state index is -0.0232. The number of nitrogens with one attached hydrogen (secondary N) is 1. The smallest absolute Gasteiger partial charge is 0.239 e. The van der Waals surface area contributed by atoms with Crippen LogP contribution in [0, 0.1) is 6.92 Å². The fourth-order valence-electron chi connectivity index (χ4n) is 3.74. The molecule has 0 aromatic carbocycles. The highest BCUT2D eigenvalue weighted by Gasteiger charge is 2.30. The Labute approximate surface area is 189 Å². The molecule has 0 spiro atoms. The first-order valence-corrected chi connectivity index (χ1v) is 10.9. The first kappa shape index (κ1) is 23.3. The van der Waals surface area contributed by atoms with Crippen LogP contribution in [-0.4, -0.2) is 83.4 Å². The van der Waals surface area contributed by atoms with Gasteiger partial charge in [-0.1, -0.05) is 0 Å². The molecule has 158 valence electrons. The molecule has 7 nitrogen and oxygen atoms in total. The molecule has 28 heavy (non-hydrogen) atoms. The quantitative estimate of drug-likeness (QED) is 0.367.